The summed E-state index contributed by atoms with van der Waals surface area (Å²) in [5.74, 6) is -1.81. The molecule has 2 heterocycles. The van der Waals surface area contributed by atoms with Gasteiger partial charge in [-0.05, 0) is 75.0 Å². The van der Waals surface area contributed by atoms with E-state index in [4.69, 9.17) is 4.74 Å². The van der Waals surface area contributed by atoms with E-state index in [9.17, 15) is 18.0 Å². The molecule has 1 fully saturated rings. The standard InChI is InChI=1S/C19H21F3N2O2/c1-18(2,26-17(25)19(20,21)22)13-3-4-16-15(11-13)14(7-10-24-16)12-5-8-23-9-6-12/h3-4,7,10-12,23H,5-6,8-9H2,1-2H3. The van der Waals surface area contributed by atoms with Gasteiger partial charge in [-0.1, -0.05) is 6.07 Å². The van der Waals surface area contributed by atoms with E-state index in [1.54, 1.807) is 24.4 Å². The van der Waals surface area contributed by atoms with Crippen LogP contribution in [0.5, 0.6) is 0 Å². The number of carbonyl (C=O) groups excluding carboxylic acids is 1. The van der Waals surface area contributed by atoms with E-state index in [-0.39, 0.29) is 0 Å². The number of fused-ring (bicyclic) bond motifs is 1. The first-order valence-electron chi connectivity index (χ1n) is 8.58. The third-order valence-corrected chi connectivity index (χ3v) is 4.83. The molecule has 1 aromatic heterocycles. The highest BCUT2D eigenvalue weighted by molar-refractivity contribution is 5.84. The van der Waals surface area contributed by atoms with Crippen LogP contribution in [0.1, 0.15) is 43.7 Å². The van der Waals surface area contributed by atoms with Gasteiger partial charge in [-0.2, -0.15) is 13.2 Å². The summed E-state index contributed by atoms with van der Waals surface area (Å²) in [4.78, 5) is 15.6. The first-order chi connectivity index (χ1) is 12.2. The number of nitrogens with one attached hydrogen (secondary N) is 1. The Bertz CT molecular complexity index is 812. The van der Waals surface area contributed by atoms with Gasteiger partial charge in [0.15, 0.2) is 0 Å². The third kappa shape index (κ3) is 3.82. The monoisotopic (exact) mass is 366 g/mol. The van der Waals surface area contributed by atoms with Gasteiger partial charge in [0.05, 0.1) is 5.52 Å². The smallest absolute Gasteiger partial charge is 0.448 e. The highest BCUT2D eigenvalue weighted by atomic mass is 19.4. The van der Waals surface area contributed by atoms with Crippen molar-refractivity contribution in [2.24, 2.45) is 0 Å². The van der Waals surface area contributed by atoms with Crippen molar-refractivity contribution in [3.8, 4) is 0 Å². The number of hydrogen-bond acceptors (Lipinski definition) is 4. The predicted molar refractivity (Wildman–Crippen MR) is 91.8 cm³/mol. The number of nitrogens with zero attached hydrogens (tertiary/aromatic N) is 1. The molecule has 0 atom stereocenters. The third-order valence-electron chi connectivity index (χ3n) is 4.83. The number of pyridine rings is 1. The van der Waals surface area contributed by atoms with E-state index < -0.39 is 17.7 Å². The van der Waals surface area contributed by atoms with Gasteiger partial charge in [0.1, 0.15) is 5.60 Å². The molecule has 0 amide bonds. The van der Waals surface area contributed by atoms with Crippen LogP contribution < -0.4 is 5.32 Å². The zero-order chi connectivity index (χ0) is 18.9. The number of rotatable bonds is 3. The summed E-state index contributed by atoms with van der Waals surface area (Å²) in [6.07, 6.45) is -1.27. The summed E-state index contributed by atoms with van der Waals surface area (Å²) < 4.78 is 42.4. The van der Waals surface area contributed by atoms with Gasteiger partial charge in [-0.3, -0.25) is 4.98 Å². The molecular formula is C19H21F3N2O2. The zero-order valence-corrected chi connectivity index (χ0v) is 14.7. The minimum Gasteiger partial charge on any atom is -0.448 e. The van der Waals surface area contributed by atoms with Crippen LogP contribution in [0, 0.1) is 0 Å². The molecule has 4 nitrogen and oxygen atoms in total. The van der Waals surface area contributed by atoms with Crippen molar-refractivity contribution < 1.29 is 22.7 Å². The van der Waals surface area contributed by atoms with Crippen LogP contribution in [0.3, 0.4) is 0 Å². The predicted octanol–water partition coefficient (Wildman–Crippen LogP) is 4.04. The molecule has 2 aromatic rings. The minimum atomic E-state index is -5.02. The topological polar surface area (TPSA) is 51.2 Å². The molecule has 1 aliphatic rings. The Kier molecular flexibility index (Phi) is 4.92. The SMILES string of the molecule is CC(C)(OC(=O)C(F)(F)F)c1ccc2nccc(C3CCNCC3)c2c1. The molecule has 0 radical (unpaired) electrons. The number of aromatic nitrogens is 1. The Labute approximate surface area is 149 Å². The van der Waals surface area contributed by atoms with Gasteiger partial charge in [0.2, 0.25) is 0 Å². The van der Waals surface area contributed by atoms with Crippen LogP contribution in [-0.2, 0) is 15.1 Å². The van der Waals surface area contributed by atoms with Crippen LogP contribution in [0.15, 0.2) is 30.5 Å². The largest absolute Gasteiger partial charge is 0.490 e. The molecule has 0 aliphatic carbocycles. The lowest BCUT2D eigenvalue weighted by Crippen LogP contribution is -2.34. The van der Waals surface area contributed by atoms with Crippen molar-refractivity contribution in [2.75, 3.05) is 13.1 Å². The molecule has 7 heteroatoms. The molecule has 1 N–H and O–H groups in total. The summed E-state index contributed by atoms with van der Waals surface area (Å²) in [6, 6.07) is 7.18. The number of benzene rings is 1. The fourth-order valence-corrected chi connectivity index (χ4v) is 3.38. The van der Waals surface area contributed by atoms with Crippen molar-refractivity contribution in [2.45, 2.75) is 44.4 Å². The summed E-state index contributed by atoms with van der Waals surface area (Å²) >= 11 is 0. The molecule has 26 heavy (non-hydrogen) atoms. The van der Waals surface area contributed by atoms with E-state index in [1.807, 2.05) is 6.07 Å². The molecule has 140 valence electrons. The van der Waals surface area contributed by atoms with Crippen LogP contribution in [0.25, 0.3) is 10.9 Å². The quantitative estimate of drug-likeness (QED) is 0.833. The second-order valence-electron chi connectivity index (χ2n) is 7.05. The Hall–Kier alpha value is -2.15. The van der Waals surface area contributed by atoms with Gasteiger partial charge in [-0.25, -0.2) is 4.79 Å². The normalized spacial score (nSPS) is 16.7. The summed E-state index contributed by atoms with van der Waals surface area (Å²) in [7, 11) is 0. The molecule has 0 bridgehead atoms. The van der Waals surface area contributed by atoms with E-state index in [0.717, 1.165) is 42.4 Å². The molecular weight excluding hydrogens is 345 g/mol. The first kappa shape index (κ1) is 18.6. The zero-order valence-electron chi connectivity index (χ0n) is 14.7. The van der Waals surface area contributed by atoms with Crippen molar-refractivity contribution in [3.05, 3.63) is 41.6 Å². The van der Waals surface area contributed by atoms with Gasteiger partial charge in [0, 0.05) is 11.6 Å². The lowest BCUT2D eigenvalue weighted by atomic mass is 9.86. The van der Waals surface area contributed by atoms with Crippen LogP contribution in [0.4, 0.5) is 13.2 Å². The first-order valence-corrected chi connectivity index (χ1v) is 8.58. The molecule has 1 saturated heterocycles. The van der Waals surface area contributed by atoms with E-state index >= 15 is 0 Å². The Morgan fingerprint density at radius 2 is 1.88 bits per heavy atom. The average Bonchev–Trinajstić information content (AvgIpc) is 2.60. The molecule has 0 spiro atoms. The van der Waals surface area contributed by atoms with Gasteiger partial charge in [0.25, 0.3) is 0 Å². The van der Waals surface area contributed by atoms with E-state index in [1.165, 1.54) is 13.8 Å². The number of halogens is 3. The Balaban J connectivity index is 1.98. The fourth-order valence-electron chi connectivity index (χ4n) is 3.38. The van der Waals surface area contributed by atoms with Crippen molar-refractivity contribution >= 4 is 16.9 Å². The van der Waals surface area contributed by atoms with Gasteiger partial charge in [-0.15, -0.1) is 0 Å². The summed E-state index contributed by atoms with van der Waals surface area (Å²) in [6.45, 7) is 4.78. The maximum absolute atomic E-state index is 12.6. The molecule has 0 saturated carbocycles. The number of carbonyl (C=O) groups is 1. The summed E-state index contributed by atoms with van der Waals surface area (Å²) in [5, 5.41) is 4.22. The minimum absolute atomic E-state index is 0.373. The highest BCUT2D eigenvalue weighted by Crippen LogP contribution is 2.35. The number of hydrogen-bond donors (Lipinski definition) is 1. The van der Waals surface area contributed by atoms with E-state index in [0.29, 0.717) is 11.5 Å². The lowest BCUT2D eigenvalue weighted by molar-refractivity contribution is -0.212. The number of esters is 1. The maximum atomic E-state index is 12.6. The van der Waals surface area contributed by atoms with Gasteiger partial charge >= 0.3 is 12.1 Å². The van der Waals surface area contributed by atoms with Crippen LogP contribution >= 0.6 is 0 Å². The van der Waals surface area contributed by atoms with Crippen LogP contribution in [-0.4, -0.2) is 30.2 Å². The Morgan fingerprint density at radius 3 is 2.54 bits per heavy atom. The molecule has 1 aliphatic heterocycles. The molecule has 1 aromatic carbocycles. The lowest BCUT2D eigenvalue weighted by Gasteiger charge is -2.28. The summed E-state index contributed by atoms with van der Waals surface area (Å²) in [5.41, 5.74) is 1.02. The van der Waals surface area contributed by atoms with Crippen LogP contribution in [0.2, 0.25) is 0 Å². The second-order valence-corrected chi connectivity index (χ2v) is 7.05. The van der Waals surface area contributed by atoms with Crippen molar-refractivity contribution in [1.82, 2.24) is 10.3 Å². The fraction of sp³-hybridized carbons (Fsp3) is 0.474. The molecule has 3 rings (SSSR count). The second kappa shape index (κ2) is 6.87. The average molecular weight is 366 g/mol. The molecule has 0 unspecified atom stereocenters. The maximum Gasteiger partial charge on any atom is 0.490 e. The number of alkyl halides is 3. The van der Waals surface area contributed by atoms with Gasteiger partial charge < -0.3 is 10.1 Å². The number of ether oxygens (including phenoxy) is 1. The van der Waals surface area contributed by atoms with Crippen molar-refractivity contribution in [1.29, 1.82) is 0 Å². The van der Waals surface area contributed by atoms with Crippen molar-refractivity contribution in [3.63, 3.8) is 0 Å². The Morgan fingerprint density at radius 1 is 1.19 bits per heavy atom. The van der Waals surface area contributed by atoms with E-state index in [2.05, 4.69) is 10.3 Å². The number of piperidine rings is 1. The highest BCUT2D eigenvalue weighted by Gasteiger charge is 2.44.